The first kappa shape index (κ1) is 17.5. The summed E-state index contributed by atoms with van der Waals surface area (Å²) in [5.74, 6) is 0.00477. The minimum Gasteiger partial charge on any atom is -0.506 e. The summed E-state index contributed by atoms with van der Waals surface area (Å²) in [6.07, 6.45) is 0.0785. The Morgan fingerprint density at radius 3 is 2.57 bits per heavy atom. The van der Waals surface area contributed by atoms with Crippen molar-refractivity contribution < 1.29 is 10.2 Å². The molecule has 2 aromatic rings. The second kappa shape index (κ2) is 7.45. The number of benzene rings is 1. The summed E-state index contributed by atoms with van der Waals surface area (Å²) in [4.78, 5) is 14.0. The van der Waals surface area contributed by atoms with Crippen LogP contribution in [0.1, 0.15) is 31.9 Å². The normalized spacial score (nSPS) is 13.7. The predicted molar refractivity (Wildman–Crippen MR) is 86.2 cm³/mol. The van der Waals surface area contributed by atoms with Crippen LogP contribution in [0.3, 0.4) is 0 Å². The monoisotopic (exact) mass is 312 g/mol. The van der Waals surface area contributed by atoms with Gasteiger partial charge in [-0.15, -0.1) is 12.4 Å². The Morgan fingerprint density at radius 1 is 1.24 bits per heavy atom. The number of rotatable bonds is 5. The Balaban J connectivity index is 0.00000220. The number of phenols is 1. The fourth-order valence-electron chi connectivity index (χ4n) is 2.48. The number of nitrogens with one attached hydrogen (secondary N) is 2. The van der Waals surface area contributed by atoms with Crippen molar-refractivity contribution >= 4 is 23.3 Å². The van der Waals surface area contributed by atoms with Crippen LogP contribution in [0.15, 0.2) is 29.1 Å². The second-order valence-electron chi connectivity index (χ2n) is 4.80. The van der Waals surface area contributed by atoms with Gasteiger partial charge in [-0.3, -0.25) is 4.79 Å². The van der Waals surface area contributed by atoms with Gasteiger partial charge < -0.3 is 20.5 Å². The molecule has 0 aliphatic carbocycles. The van der Waals surface area contributed by atoms with Gasteiger partial charge in [0, 0.05) is 17.5 Å². The van der Waals surface area contributed by atoms with Crippen LogP contribution >= 0.6 is 12.4 Å². The van der Waals surface area contributed by atoms with Crippen molar-refractivity contribution in [1.29, 1.82) is 0 Å². The average molecular weight is 313 g/mol. The molecule has 0 aliphatic rings. The van der Waals surface area contributed by atoms with E-state index in [1.165, 1.54) is 12.1 Å². The van der Waals surface area contributed by atoms with Gasteiger partial charge >= 0.3 is 0 Å². The lowest BCUT2D eigenvalue weighted by Crippen LogP contribution is -2.34. The number of aromatic amines is 1. The number of aromatic hydroxyl groups is 1. The molecule has 0 radical (unpaired) electrons. The van der Waals surface area contributed by atoms with Crippen LogP contribution in [0, 0.1) is 0 Å². The first-order valence-electron chi connectivity index (χ1n) is 6.84. The fourth-order valence-corrected chi connectivity index (χ4v) is 2.48. The number of fused-ring (bicyclic) bond motifs is 1. The molecule has 0 fully saturated rings. The number of hydrogen-bond acceptors (Lipinski definition) is 4. The highest BCUT2D eigenvalue weighted by molar-refractivity contribution is 5.87. The largest absolute Gasteiger partial charge is 0.506 e. The highest BCUT2D eigenvalue weighted by Gasteiger charge is 2.21. The van der Waals surface area contributed by atoms with E-state index in [1.807, 2.05) is 13.8 Å². The van der Waals surface area contributed by atoms with E-state index >= 15 is 0 Å². The standard InChI is InChI=1S/C15H20N2O3.ClH/c1-3-11(16-4-2)15(20)10-5-7-12(18)14-9(10)6-8-13(19)17-14;/h5-8,11,15-16,18,20H,3-4H2,1-2H3,(H,17,19);1H/t11-,15+;/m1./s1. The summed E-state index contributed by atoms with van der Waals surface area (Å²) in [5, 5.41) is 24.3. The topological polar surface area (TPSA) is 85.3 Å². The Bertz CT molecular complexity index is 657. The molecule has 0 amide bonds. The fraction of sp³-hybridized carbons (Fsp3) is 0.400. The van der Waals surface area contributed by atoms with E-state index in [2.05, 4.69) is 10.3 Å². The van der Waals surface area contributed by atoms with Crippen molar-refractivity contribution in [1.82, 2.24) is 10.3 Å². The molecule has 0 unspecified atom stereocenters. The van der Waals surface area contributed by atoms with Crippen LogP contribution in [0.5, 0.6) is 5.75 Å². The van der Waals surface area contributed by atoms with Gasteiger partial charge in [-0.05, 0) is 30.7 Å². The number of aromatic nitrogens is 1. The molecule has 2 rings (SSSR count). The van der Waals surface area contributed by atoms with E-state index in [4.69, 9.17) is 0 Å². The Kier molecular flexibility index (Phi) is 6.20. The van der Waals surface area contributed by atoms with Gasteiger partial charge in [0.15, 0.2) is 0 Å². The van der Waals surface area contributed by atoms with E-state index in [-0.39, 0.29) is 29.8 Å². The van der Waals surface area contributed by atoms with Crippen LogP contribution in [0.4, 0.5) is 0 Å². The van der Waals surface area contributed by atoms with Crippen molar-refractivity contribution in [3.05, 3.63) is 40.2 Å². The number of aliphatic hydroxyl groups is 1. The minimum atomic E-state index is -0.700. The molecule has 1 aromatic carbocycles. The van der Waals surface area contributed by atoms with Crippen LogP contribution < -0.4 is 10.9 Å². The van der Waals surface area contributed by atoms with E-state index in [0.29, 0.717) is 16.5 Å². The molecule has 0 spiro atoms. The number of aliphatic hydroxyl groups excluding tert-OH is 1. The zero-order valence-corrected chi connectivity index (χ0v) is 12.9. The maximum absolute atomic E-state index is 11.4. The van der Waals surface area contributed by atoms with E-state index < -0.39 is 6.10 Å². The van der Waals surface area contributed by atoms with Gasteiger partial charge in [-0.25, -0.2) is 0 Å². The number of pyridine rings is 1. The molecule has 1 heterocycles. The molecule has 0 bridgehead atoms. The van der Waals surface area contributed by atoms with Crippen molar-refractivity contribution in [3.63, 3.8) is 0 Å². The number of likely N-dealkylation sites (N-methyl/N-ethyl adjacent to an activating group) is 1. The van der Waals surface area contributed by atoms with Gasteiger partial charge in [0.1, 0.15) is 5.75 Å². The van der Waals surface area contributed by atoms with E-state index in [1.54, 1.807) is 12.1 Å². The quantitative estimate of drug-likeness (QED) is 0.681. The number of phenolic OH excluding ortho intramolecular Hbond substituents is 1. The van der Waals surface area contributed by atoms with Gasteiger partial charge in [-0.2, -0.15) is 0 Å². The highest BCUT2D eigenvalue weighted by Crippen LogP contribution is 2.30. The zero-order valence-electron chi connectivity index (χ0n) is 12.1. The number of hydrogen-bond donors (Lipinski definition) is 4. The van der Waals surface area contributed by atoms with Crippen molar-refractivity contribution in [2.45, 2.75) is 32.4 Å². The molecule has 2 atom stereocenters. The third kappa shape index (κ3) is 3.56. The molecule has 0 aliphatic heterocycles. The smallest absolute Gasteiger partial charge is 0.248 e. The summed E-state index contributed by atoms with van der Waals surface area (Å²) in [6, 6.07) is 6.15. The van der Waals surface area contributed by atoms with Gasteiger partial charge in [0.2, 0.25) is 5.56 Å². The van der Waals surface area contributed by atoms with Crippen LogP contribution in [-0.2, 0) is 0 Å². The van der Waals surface area contributed by atoms with Gasteiger partial charge in [-0.1, -0.05) is 19.9 Å². The van der Waals surface area contributed by atoms with Crippen LogP contribution in [0.25, 0.3) is 10.9 Å². The van der Waals surface area contributed by atoms with Crippen LogP contribution in [-0.4, -0.2) is 27.8 Å². The zero-order chi connectivity index (χ0) is 14.7. The molecule has 1 aromatic heterocycles. The number of halogens is 1. The first-order chi connectivity index (χ1) is 9.58. The highest BCUT2D eigenvalue weighted by atomic mass is 35.5. The third-order valence-electron chi connectivity index (χ3n) is 3.51. The summed E-state index contributed by atoms with van der Waals surface area (Å²) in [7, 11) is 0. The van der Waals surface area contributed by atoms with Crippen molar-refractivity contribution in [3.8, 4) is 5.75 Å². The Labute approximate surface area is 129 Å². The second-order valence-corrected chi connectivity index (χ2v) is 4.80. The molecule has 21 heavy (non-hydrogen) atoms. The maximum atomic E-state index is 11.4. The Morgan fingerprint density at radius 2 is 1.95 bits per heavy atom. The molecular weight excluding hydrogens is 292 g/mol. The molecule has 6 heteroatoms. The molecule has 4 N–H and O–H groups in total. The lowest BCUT2D eigenvalue weighted by atomic mass is 9.96. The molecule has 0 saturated heterocycles. The SMILES string of the molecule is CCN[C@H](CC)[C@@H](O)c1ccc(O)c2[nH]c(=O)ccc12.Cl. The first-order valence-corrected chi connectivity index (χ1v) is 6.84. The predicted octanol–water partition coefficient (Wildman–Crippen LogP) is 2.08. The van der Waals surface area contributed by atoms with Crippen molar-refractivity contribution in [2.24, 2.45) is 0 Å². The molecule has 116 valence electrons. The lowest BCUT2D eigenvalue weighted by Gasteiger charge is -2.24. The number of H-pyrrole nitrogens is 1. The molecule has 0 saturated carbocycles. The Hall–Kier alpha value is -1.56. The maximum Gasteiger partial charge on any atom is 0.248 e. The molecular formula is C15H21ClN2O3. The van der Waals surface area contributed by atoms with Gasteiger partial charge in [0.05, 0.1) is 11.6 Å². The summed E-state index contributed by atoms with van der Waals surface area (Å²) < 4.78 is 0. The summed E-state index contributed by atoms with van der Waals surface area (Å²) in [5.41, 5.74) is 0.778. The lowest BCUT2D eigenvalue weighted by molar-refractivity contribution is 0.128. The van der Waals surface area contributed by atoms with Gasteiger partial charge in [0.25, 0.3) is 0 Å². The van der Waals surface area contributed by atoms with Crippen molar-refractivity contribution in [2.75, 3.05) is 6.54 Å². The third-order valence-corrected chi connectivity index (χ3v) is 3.51. The summed E-state index contributed by atoms with van der Waals surface area (Å²) in [6.45, 7) is 4.76. The van der Waals surface area contributed by atoms with E-state index in [0.717, 1.165) is 13.0 Å². The average Bonchev–Trinajstić information content (AvgIpc) is 2.45. The van der Waals surface area contributed by atoms with Crippen LogP contribution in [0.2, 0.25) is 0 Å². The van der Waals surface area contributed by atoms with E-state index in [9.17, 15) is 15.0 Å². The molecule has 5 nitrogen and oxygen atoms in total. The summed E-state index contributed by atoms with van der Waals surface area (Å²) >= 11 is 0. The minimum absolute atomic E-state index is 0.